The maximum Gasteiger partial charge on any atom is 0.227 e. The van der Waals surface area contributed by atoms with Gasteiger partial charge in [0.15, 0.2) is 0 Å². The highest BCUT2D eigenvalue weighted by molar-refractivity contribution is 7.15. The molecule has 0 saturated carbocycles. The molecule has 3 aromatic rings. The van der Waals surface area contributed by atoms with Gasteiger partial charge in [0.1, 0.15) is 5.01 Å². The molecule has 1 aromatic carbocycles. The number of aromatic nitrogens is 2. The number of nitrogens with one attached hydrogen (secondary N) is 1. The Morgan fingerprint density at radius 3 is 2.64 bits per heavy atom. The summed E-state index contributed by atoms with van der Waals surface area (Å²) in [5.41, 5.74) is 5.63. The van der Waals surface area contributed by atoms with Gasteiger partial charge in [-0.05, 0) is 55.4 Å². The third kappa shape index (κ3) is 3.72. The van der Waals surface area contributed by atoms with E-state index in [9.17, 15) is 4.79 Å². The highest BCUT2D eigenvalue weighted by Crippen LogP contribution is 2.35. The number of benzene rings is 1. The molecule has 1 aliphatic rings. The van der Waals surface area contributed by atoms with Crippen LogP contribution in [-0.4, -0.2) is 15.9 Å². The van der Waals surface area contributed by atoms with Gasteiger partial charge < -0.3 is 5.32 Å². The van der Waals surface area contributed by atoms with Crippen molar-refractivity contribution in [3.05, 3.63) is 64.4 Å². The smallest absolute Gasteiger partial charge is 0.227 e. The number of pyridine rings is 1. The standard InChI is InChI=1S/C23H25N3OS/c1-3-15-7-5-8-16(4-2)21(15)26-22(27)17-10-11-19-20(13-17)28-23(25-19)18-9-6-12-24-14-18/h5-9,12,14,17H,3-4,10-11,13H2,1-2H3,(H,26,27). The highest BCUT2D eigenvalue weighted by Gasteiger charge is 2.28. The van der Waals surface area contributed by atoms with Crippen molar-refractivity contribution in [1.29, 1.82) is 0 Å². The van der Waals surface area contributed by atoms with Crippen LogP contribution >= 0.6 is 11.3 Å². The Bertz CT molecular complexity index is 959. The van der Waals surface area contributed by atoms with Gasteiger partial charge in [-0.1, -0.05) is 32.0 Å². The van der Waals surface area contributed by atoms with Crippen molar-refractivity contribution in [2.75, 3.05) is 5.32 Å². The second-order valence-corrected chi connectivity index (χ2v) is 8.30. The first-order valence-electron chi connectivity index (χ1n) is 10.00. The van der Waals surface area contributed by atoms with Crippen molar-refractivity contribution >= 4 is 22.9 Å². The fourth-order valence-electron chi connectivity index (χ4n) is 3.84. The first-order chi connectivity index (χ1) is 13.7. The lowest BCUT2D eigenvalue weighted by atomic mass is 9.90. The lowest BCUT2D eigenvalue weighted by Crippen LogP contribution is -2.28. The van der Waals surface area contributed by atoms with Crippen LogP contribution in [0.3, 0.4) is 0 Å². The molecule has 0 spiro atoms. The van der Waals surface area contributed by atoms with E-state index in [1.54, 1.807) is 17.5 Å². The molecule has 0 radical (unpaired) electrons. The van der Waals surface area contributed by atoms with Crippen molar-refractivity contribution in [3.8, 4) is 10.6 Å². The first kappa shape index (κ1) is 18.8. The fraction of sp³-hybridized carbons (Fsp3) is 0.348. The van der Waals surface area contributed by atoms with Gasteiger partial charge in [-0.25, -0.2) is 4.98 Å². The Morgan fingerprint density at radius 2 is 1.96 bits per heavy atom. The number of aryl methyl sites for hydroxylation is 3. The molecular weight excluding hydrogens is 366 g/mol. The Hall–Kier alpha value is -2.53. The maximum absolute atomic E-state index is 13.1. The summed E-state index contributed by atoms with van der Waals surface area (Å²) in [6.45, 7) is 4.27. The minimum Gasteiger partial charge on any atom is -0.325 e. The van der Waals surface area contributed by atoms with Gasteiger partial charge in [-0.15, -0.1) is 11.3 Å². The minimum absolute atomic E-state index is 0.00400. The molecule has 4 nitrogen and oxygen atoms in total. The largest absolute Gasteiger partial charge is 0.325 e. The Labute approximate surface area is 170 Å². The average Bonchev–Trinajstić information content (AvgIpc) is 3.18. The van der Waals surface area contributed by atoms with Crippen molar-refractivity contribution in [2.45, 2.75) is 46.0 Å². The monoisotopic (exact) mass is 391 g/mol. The normalized spacial score (nSPS) is 15.9. The van der Waals surface area contributed by atoms with E-state index in [0.717, 1.165) is 54.1 Å². The number of fused-ring (bicyclic) bond motifs is 1. The summed E-state index contributed by atoms with van der Waals surface area (Å²) in [7, 11) is 0. The van der Waals surface area contributed by atoms with Crippen LogP contribution < -0.4 is 5.32 Å². The lowest BCUT2D eigenvalue weighted by Gasteiger charge is -2.22. The summed E-state index contributed by atoms with van der Waals surface area (Å²) >= 11 is 1.70. The summed E-state index contributed by atoms with van der Waals surface area (Å²) in [6, 6.07) is 10.3. The van der Waals surface area contributed by atoms with E-state index in [-0.39, 0.29) is 11.8 Å². The second kappa shape index (κ2) is 8.23. The van der Waals surface area contributed by atoms with Gasteiger partial charge in [0.25, 0.3) is 0 Å². The van der Waals surface area contributed by atoms with Gasteiger partial charge in [0.05, 0.1) is 5.69 Å². The predicted octanol–water partition coefficient (Wildman–Crippen LogP) is 5.07. The third-order valence-corrected chi connectivity index (χ3v) is 6.64. The van der Waals surface area contributed by atoms with E-state index < -0.39 is 0 Å². The molecule has 28 heavy (non-hydrogen) atoms. The Morgan fingerprint density at radius 1 is 1.18 bits per heavy atom. The predicted molar refractivity (Wildman–Crippen MR) is 115 cm³/mol. The molecule has 2 aromatic heterocycles. The van der Waals surface area contributed by atoms with E-state index in [0.29, 0.717) is 0 Å². The maximum atomic E-state index is 13.1. The number of amides is 1. The molecule has 0 fully saturated rings. The van der Waals surface area contributed by atoms with E-state index in [2.05, 4.69) is 42.3 Å². The molecule has 5 heteroatoms. The highest BCUT2D eigenvalue weighted by atomic mass is 32.1. The van der Waals surface area contributed by atoms with Gasteiger partial charge in [-0.2, -0.15) is 0 Å². The van der Waals surface area contributed by atoms with Crippen LogP contribution in [0.15, 0.2) is 42.7 Å². The van der Waals surface area contributed by atoms with Crippen LogP contribution in [0.5, 0.6) is 0 Å². The van der Waals surface area contributed by atoms with E-state index in [4.69, 9.17) is 4.98 Å². The number of carbonyl (C=O) groups is 1. The molecule has 0 bridgehead atoms. The second-order valence-electron chi connectivity index (χ2n) is 7.22. The van der Waals surface area contributed by atoms with E-state index in [1.165, 1.54) is 16.0 Å². The fourth-order valence-corrected chi connectivity index (χ4v) is 5.02. The Balaban J connectivity index is 1.52. The van der Waals surface area contributed by atoms with Gasteiger partial charge >= 0.3 is 0 Å². The molecule has 1 N–H and O–H groups in total. The molecule has 1 amide bonds. The molecule has 1 unspecified atom stereocenters. The molecule has 1 atom stereocenters. The topological polar surface area (TPSA) is 54.9 Å². The van der Waals surface area contributed by atoms with Crippen molar-refractivity contribution in [2.24, 2.45) is 5.92 Å². The van der Waals surface area contributed by atoms with Crippen LogP contribution in [0.1, 0.15) is 42.0 Å². The van der Waals surface area contributed by atoms with Crippen molar-refractivity contribution in [3.63, 3.8) is 0 Å². The molecule has 0 saturated heterocycles. The van der Waals surface area contributed by atoms with Crippen molar-refractivity contribution in [1.82, 2.24) is 9.97 Å². The summed E-state index contributed by atoms with van der Waals surface area (Å²) < 4.78 is 0. The van der Waals surface area contributed by atoms with E-state index >= 15 is 0 Å². The third-order valence-electron chi connectivity index (χ3n) is 5.47. The molecule has 144 valence electrons. The molecule has 0 aliphatic heterocycles. The molecular formula is C23H25N3OS. The minimum atomic E-state index is 0.00400. The molecule has 1 aliphatic carbocycles. The molecule has 4 rings (SSSR count). The zero-order chi connectivity index (χ0) is 19.5. The number of anilines is 1. The van der Waals surface area contributed by atoms with Crippen LogP contribution in [0.25, 0.3) is 10.6 Å². The number of para-hydroxylation sites is 1. The summed E-state index contributed by atoms with van der Waals surface area (Å²) in [5, 5.41) is 4.26. The quantitative estimate of drug-likeness (QED) is 0.660. The SMILES string of the molecule is CCc1cccc(CC)c1NC(=O)C1CCc2nc(-c3cccnc3)sc2C1. The Kier molecular flexibility index (Phi) is 5.53. The van der Waals surface area contributed by atoms with Crippen LogP contribution in [0.4, 0.5) is 5.69 Å². The summed E-state index contributed by atoms with van der Waals surface area (Å²) in [6.07, 6.45) is 7.95. The number of hydrogen-bond donors (Lipinski definition) is 1. The van der Waals surface area contributed by atoms with Crippen molar-refractivity contribution < 1.29 is 4.79 Å². The van der Waals surface area contributed by atoms with Gasteiger partial charge in [0, 0.05) is 34.4 Å². The summed E-state index contributed by atoms with van der Waals surface area (Å²) in [4.78, 5) is 23.3. The number of hydrogen-bond acceptors (Lipinski definition) is 4. The summed E-state index contributed by atoms with van der Waals surface area (Å²) in [5.74, 6) is 0.141. The van der Waals surface area contributed by atoms with Crippen LogP contribution in [0.2, 0.25) is 0 Å². The zero-order valence-electron chi connectivity index (χ0n) is 16.4. The first-order valence-corrected chi connectivity index (χ1v) is 10.8. The zero-order valence-corrected chi connectivity index (χ0v) is 17.2. The van der Waals surface area contributed by atoms with Crippen LogP contribution in [0, 0.1) is 5.92 Å². The number of thiazole rings is 1. The van der Waals surface area contributed by atoms with E-state index in [1.807, 2.05) is 18.3 Å². The van der Waals surface area contributed by atoms with Gasteiger partial charge in [-0.3, -0.25) is 9.78 Å². The number of nitrogens with zero attached hydrogens (tertiary/aromatic N) is 2. The van der Waals surface area contributed by atoms with Crippen LogP contribution in [-0.2, 0) is 30.5 Å². The number of rotatable bonds is 5. The van der Waals surface area contributed by atoms with Gasteiger partial charge in [0.2, 0.25) is 5.91 Å². The number of carbonyl (C=O) groups excluding carboxylic acids is 1. The molecule has 2 heterocycles. The lowest BCUT2D eigenvalue weighted by molar-refractivity contribution is -0.120. The average molecular weight is 392 g/mol.